The number of rotatable bonds is 5. The molecule has 0 aromatic heterocycles. The second-order valence-electron chi connectivity index (χ2n) is 4.05. The molecule has 0 bridgehead atoms. The standard InChI is InChI=1S/C15H15N3/c16-18-15(11-13-7-3-1-4-8-13)12-17-14-9-5-2-6-10-14/h1-10,17H,11-12H2. The molecular weight excluding hydrogens is 222 g/mol. The molecule has 0 aliphatic carbocycles. The van der Waals surface area contributed by atoms with Gasteiger partial charge < -0.3 is 10.8 Å². The van der Waals surface area contributed by atoms with Crippen molar-refractivity contribution in [2.75, 3.05) is 11.9 Å². The van der Waals surface area contributed by atoms with E-state index in [0.29, 0.717) is 18.7 Å². The lowest BCUT2D eigenvalue weighted by Gasteiger charge is -2.03. The zero-order chi connectivity index (χ0) is 12.6. The normalized spacial score (nSPS) is 9.56. The summed E-state index contributed by atoms with van der Waals surface area (Å²) in [6, 6.07) is 19.8. The molecule has 0 aliphatic heterocycles. The van der Waals surface area contributed by atoms with Crippen LogP contribution in [0.15, 0.2) is 60.7 Å². The van der Waals surface area contributed by atoms with Crippen molar-refractivity contribution in [3.63, 3.8) is 0 Å². The van der Waals surface area contributed by atoms with Crippen molar-refractivity contribution in [3.05, 3.63) is 71.8 Å². The van der Waals surface area contributed by atoms with Crippen molar-refractivity contribution in [1.82, 2.24) is 0 Å². The second kappa shape index (κ2) is 6.38. The molecule has 18 heavy (non-hydrogen) atoms. The Kier molecular flexibility index (Phi) is 4.28. The predicted octanol–water partition coefficient (Wildman–Crippen LogP) is 3.01. The van der Waals surface area contributed by atoms with E-state index in [9.17, 15) is 0 Å². The highest BCUT2D eigenvalue weighted by Gasteiger charge is 2.08. The number of para-hydroxylation sites is 1. The minimum atomic E-state index is 0.537. The van der Waals surface area contributed by atoms with E-state index in [0.717, 1.165) is 11.3 Å². The molecule has 2 aromatic rings. The van der Waals surface area contributed by atoms with Gasteiger partial charge in [-0.2, -0.15) is 4.79 Å². The highest BCUT2D eigenvalue weighted by atomic mass is 14.9. The van der Waals surface area contributed by atoms with Crippen LogP contribution < -0.4 is 5.32 Å². The summed E-state index contributed by atoms with van der Waals surface area (Å²) in [6.07, 6.45) is 0.650. The molecule has 0 spiro atoms. The molecule has 0 unspecified atom stereocenters. The van der Waals surface area contributed by atoms with E-state index >= 15 is 0 Å². The Morgan fingerprint density at radius 3 is 2.17 bits per heavy atom. The van der Waals surface area contributed by atoms with Gasteiger partial charge in [-0.25, -0.2) is 0 Å². The number of hydrogen-bond donors (Lipinski definition) is 1. The fourth-order valence-electron chi connectivity index (χ4n) is 1.72. The first-order chi connectivity index (χ1) is 8.88. The maximum absolute atomic E-state index is 9.01. The molecular formula is C15H15N3. The molecule has 0 amide bonds. The molecule has 0 fully saturated rings. The zero-order valence-corrected chi connectivity index (χ0v) is 10.1. The monoisotopic (exact) mass is 237 g/mol. The van der Waals surface area contributed by atoms with Gasteiger partial charge in [-0.1, -0.05) is 48.5 Å². The SMILES string of the molecule is [N-]=[N+]=C(CNc1ccccc1)Cc1ccccc1. The summed E-state index contributed by atoms with van der Waals surface area (Å²) in [6.45, 7) is 0.537. The largest absolute Gasteiger partial charge is 0.375 e. The summed E-state index contributed by atoms with van der Waals surface area (Å²) < 4.78 is 0. The van der Waals surface area contributed by atoms with Gasteiger partial charge in [0.1, 0.15) is 6.54 Å². The van der Waals surface area contributed by atoms with Gasteiger partial charge in [0, 0.05) is 5.69 Å². The van der Waals surface area contributed by atoms with Crippen molar-refractivity contribution < 1.29 is 4.79 Å². The molecule has 0 radical (unpaired) electrons. The third kappa shape index (κ3) is 3.58. The van der Waals surface area contributed by atoms with Gasteiger partial charge in [-0.15, -0.1) is 0 Å². The Balaban J connectivity index is 1.93. The van der Waals surface area contributed by atoms with E-state index < -0.39 is 0 Å². The van der Waals surface area contributed by atoms with Crippen molar-refractivity contribution in [3.8, 4) is 0 Å². The van der Waals surface area contributed by atoms with Crippen molar-refractivity contribution >= 4 is 11.4 Å². The van der Waals surface area contributed by atoms with Crippen LogP contribution in [0.2, 0.25) is 0 Å². The lowest BCUT2D eigenvalue weighted by molar-refractivity contribution is -0.00863. The molecule has 1 N–H and O–H groups in total. The minimum Gasteiger partial charge on any atom is -0.375 e. The smallest absolute Gasteiger partial charge is 0.292 e. The molecule has 0 aliphatic rings. The third-order valence-electron chi connectivity index (χ3n) is 2.66. The summed E-state index contributed by atoms with van der Waals surface area (Å²) in [5, 5.41) is 3.23. The minimum absolute atomic E-state index is 0.537. The van der Waals surface area contributed by atoms with E-state index in [1.54, 1.807) is 0 Å². The number of hydrogen-bond acceptors (Lipinski definition) is 1. The van der Waals surface area contributed by atoms with E-state index in [-0.39, 0.29) is 0 Å². The van der Waals surface area contributed by atoms with Crippen molar-refractivity contribution in [2.45, 2.75) is 6.42 Å². The molecule has 3 heteroatoms. The molecule has 2 rings (SSSR count). The second-order valence-corrected chi connectivity index (χ2v) is 4.05. The quantitative estimate of drug-likeness (QED) is 0.485. The van der Waals surface area contributed by atoms with E-state index in [2.05, 4.69) is 10.1 Å². The Morgan fingerprint density at radius 2 is 1.56 bits per heavy atom. The van der Waals surface area contributed by atoms with Gasteiger partial charge in [0.05, 0.1) is 6.42 Å². The van der Waals surface area contributed by atoms with Crippen LogP contribution in [0.4, 0.5) is 5.69 Å². The summed E-state index contributed by atoms with van der Waals surface area (Å²) in [5.74, 6) is 0. The van der Waals surface area contributed by atoms with Crippen LogP contribution in [0.3, 0.4) is 0 Å². The van der Waals surface area contributed by atoms with E-state index in [4.69, 9.17) is 5.53 Å². The van der Waals surface area contributed by atoms with Crippen LogP contribution in [-0.4, -0.2) is 17.0 Å². The number of nitrogens with one attached hydrogen (secondary N) is 1. The van der Waals surface area contributed by atoms with Gasteiger partial charge in [-0.05, 0) is 17.7 Å². The third-order valence-corrected chi connectivity index (χ3v) is 2.66. The van der Waals surface area contributed by atoms with E-state index in [1.165, 1.54) is 0 Å². The number of anilines is 1. The Morgan fingerprint density at radius 1 is 0.944 bits per heavy atom. The first-order valence-electron chi connectivity index (χ1n) is 5.91. The number of benzene rings is 2. The molecule has 90 valence electrons. The van der Waals surface area contributed by atoms with Crippen LogP contribution in [0.25, 0.3) is 5.53 Å². The van der Waals surface area contributed by atoms with Gasteiger partial charge in [0.15, 0.2) is 0 Å². The lowest BCUT2D eigenvalue weighted by atomic mass is 10.1. The first kappa shape index (κ1) is 12.1. The average molecular weight is 237 g/mol. The fourth-order valence-corrected chi connectivity index (χ4v) is 1.72. The van der Waals surface area contributed by atoms with Gasteiger partial charge in [0.2, 0.25) is 0 Å². The summed E-state index contributed by atoms with van der Waals surface area (Å²) >= 11 is 0. The van der Waals surface area contributed by atoms with Gasteiger partial charge in [-0.3, -0.25) is 0 Å². The Labute approximate surface area is 107 Å². The van der Waals surface area contributed by atoms with Gasteiger partial charge >= 0.3 is 0 Å². The van der Waals surface area contributed by atoms with Crippen molar-refractivity contribution in [2.24, 2.45) is 0 Å². The zero-order valence-electron chi connectivity index (χ0n) is 10.1. The van der Waals surface area contributed by atoms with Crippen molar-refractivity contribution in [1.29, 1.82) is 0 Å². The molecule has 0 heterocycles. The molecule has 3 nitrogen and oxygen atoms in total. The summed E-state index contributed by atoms with van der Waals surface area (Å²) in [5.41, 5.74) is 11.9. The van der Waals surface area contributed by atoms with Gasteiger partial charge in [0.25, 0.3) is 5.71 Å². The number of nitrogens with zero attached hydrogens (tertiary/aromatic N) is 2. The maximum atomic E-state index is 9.01. The molecule has 2 aromatic carbocycles. The Bertz CT molecular complexity index is 528. The maximum Gasteiger partial charge on any atom is 0.292 e. The topological polar surface area (TPSA) is 48.4 Å². The molecule has 0 saturated carbocycles. The van der Waals surface area contributed by atoms with Crippen LogP contribution in [-0.2, 0) is 6.42 Å². The van der Waals surface area contributed by atoms with Crippen LogP contribution in [0, 0.1) is 0 Å². The van der Waals surface area contributed by atoms with E-state index in [1.807, 2.05) is 60.7 Å². The van der Waals surface area contributed by atoms with Crippen LogP contribution >= 0.6 is 0 Å². The lowest BCUT2D eigenvalue weighted by Crippen LogP contribution is -2.17. The summed E-state index contributed by atoms with van der Waals surface area (Å²) in [4.78, 5) is 3.35. The fraction of sp³-hybridized carbons (Fsp3) is 0.133. The average Bonchev–Trinajstić information content (AvgIpc) is 2.45. The predicted molar refractivity (Wildman–Crippen MR) is 73.7 cm³/mol. The first-order valence-corrected chi connectivity index (χ1v) is 5.91. The Hall–Kier alpha value is -2.38. The highest BCUT2D eigenvalue weighted by Crippen LogP contribution is 2.05. The molecule has 0 saturated heterocycles. The van der Waals surface area contributed by atoms with Crippen LogP contribution in [0.1, 0.15) is 5.56 Å². The molecule has 0 atom stereocenters. The van der Waals surface area contributed by atoms with Crippen LogP contribution in [0.5, 0.6) is 0 Å². The summed E-state index contributed by atoms with van der Waals surface area (Å²) in [7, 11) is 0. The highest BCUT2D eigenvalue weighted by molar-refractivity contribution is 5.85.